The van der Waals surface area contributed by atoms with Gasteiger partial charge in [0.05, 0.1) is 0 Å². The molecule has 0 fully saturated rings. The highest BCUT2D eigenvalue weighted by atomic mass is 19.1. The van der Waals surface area contributed by atoms with E-state index in [1.807, 2.05) is 12.1 Å². The Labute approximate surface area is 117 Å². The van der Waals surface area contributed by atoms with Crippen molar-refractivity contribution < 1.29 is 8.81 Å². The van der Waals surface area contributed by atoms with Crippen molar-refractivity contribution in [2.45, 2.75) is 26.2 Å². The van der Waals surface area contributed by atoms with Crippen LogP contribution in [-0.2, 0) is 5.41 Å². The largest absolute Gasteiger partial charge is 0.436 e. The molecule has 0 saturated heterocycles. The van der Waals surface area contributed by atoms with E-state index in [1.54, 1.807) is 12.1 Å². The molecule has 0 atom stereocenters. The van der Waals surface area contributed by atoms with Gasteiger partial charge in [0.25, 0.3) is 0 Å². The van der Waals surface area contributed by atoms with Crippen molar-refractivity contribution in [3.8, 4) is 11.5 Å². The summed E-state index contributed by atoms with van der Waals surface area (Å²) in [5.74, 6) is 0.255. The third kappa shape index (κ3) is 2.31. The molecule has 0 aliphatic carbocycles. The van der Waals surface area contributed by atoms with Gasteiger partial charge in [0.1, 0.15) is 11.3 Å². The third-order valence-corrected chi connectivity index (χ3v) is 3.35. The predicted molar refractivity (Wildman–Crippen MR) is 78.1 cm³/mol. The lowest BCUT2D eigenvalue weighted by Gasteiger charge is -2.18. The second-order valence-corrected chi connectivity index (χ2v) is 5.96. The van der Waals surface area contributed by atoms with E-state index in [-0.39, 0.29) is 11.2 Å². The van der Waals surface area contributed by atoms with Crippen molar-refractivity contribution in [3.63, 3.8) is 0 Å². The Balaban J connectivity index is 2.09. The van der Waals surface area contributed by atoms with Crippen LogP contribution in [0, 0.1) is 5.82 Å². The summed E-state index contributed by atoms with van der Waals surface area (Å²) >= 11 is 0. The Bertz CT molecular complexity index is 751. The highest BCUT2D eigenvalue weighted by molar-refractivity contribution is 5.77. The quantitative estimate of drug-likeness (QED) is 0.626. The molecule has 2 nitrogen and oxygen atoms in total. The molecular formula is C17H16FNO. The van der Waals surface area contributed by atoms with Gasteiger partial charge in [-0.15, -0.1) is 0 Å². The molecule has 3 heteroatoms. The molecule has 0 amide bonds. The number of nitrogens with zero attached hydrogens (tertiary/aromatic N) is 1. The molecule has 0 aliphatic rings. The van der Waals surface area contributed by atoms with Gasteiger partial charge in [0, 0.05) is 5.56 Å². The summed E-state index contributed by atoms with van der Waals surface area (Å²) in [4.78, 5) is 4.45. The molecule has 2 aromatic carbocycles. The molecule has 0 unspecified atom stereocenters. The van der Waals surface area contributed by atoms with E-state index in [0.717, 1.165) is 16.7 Å². The van der Waals surface area contributed by atoms with Gasteiger partial charge < -0.3 is 4.42 Å². The molecule has 0 aliphatic heterocycles. The second-order valence-electron chi connectivity index (χ2n) is 5.96. The smallest absolute Gasteiger partial charge is 0.227 e. The van der Waals surface area contributed by atoms with Crippen molar-refractivity contribution >= 4 is 11.1 Å². The first kappa shape index (κ1) is 12.9. The zero-order valence-corrected chi connectivity index (χ0v) is 11.8. The third-order valence-electron chi connectivity index (χ3n) is 3.35. The summed E-state index contributed by atoms with van der Waals surface area (Å²) in [6.45, 7) is 6.47. The van der Waals surface area contributed by atoms with E-state index >= 15 is 0 Å². The molecule has 102 valence electrons. The maximum absolute atomic E-state index is 12.9. The van der Waals surface area contributed by atoms with Gasteiger partial charge in [0.15, 0.2) is 5.58 Å². The average molecular weight is 269 g/mol. The van der Waals surface area contributed by atoms with E-state index < -0.39 is 0 Å². The first-order valence-electron chi connectivity index (χ1n) is 6.60. The van der Waals surface area contributed by atoms with Gasteiger partial charge >= 0.3 is 0 Å². The second kappa shape index (κ2) is 4.44. The normalized spacial score (nSPS) is 12.0. The number of fused-ring (bicyclic) bond motifs is 1. The number of benzene rings is 2. The summed E-state index contributed by atoms with van der Waals surface area (Å²) < 4.78 is 18.7. The molecular weight excluding hydrogens is 253 g/mol. The lowest BCUT2D eigenvalue weighted by atomic mass is 9.87. The summed E-state index contributed by atoms with van der Waals surface area (Å²) in [5, 5.41) is 0. The van der Waals surface area contributed by atoms with Crippen LogP contribution in [0.4, 0.5) is 4.39 Å². The van der Waals surface area contributed by atoms with Crippen molar-refractivity contribution in [1.82, 2.24) is 4.98 Å². The van der Waals surface area contributed by atoms with Gasteiger partial charge in [-0.25, -0.2) is 9.37 Å². The van der Waals surface area contributed by atoms with E-state index in [4.69, 9.17) is 4.42 Å². The standard InChI is InChI=1S/C17H16FNO/c1-17(2,3)12-6-9-14-15(10-12)20-16(19-14)11-4-7-13(18)8-5-11/h4-10H,1-3H3. The molecule has 0 spiro atoms. The number of aromatic nitrogens is 1. The Kier molecular flexibility index (Phi) is 2.85. The van der Waals surface area contributed by atoms with Crippen LogP contribution < -0.4 is 0 Å². The Morgan fingerprint density at radius 2 is 1.70 bits per heavy atom. The van der Waals surface area contributed by atoms with Gasteiger partial charge in [0.2, 0.25) is 5.89 Å². The van der Waals surface area contributed by atoms with Crippen LogP contribution in [0.1, 0.15) is 26.3 Å². The molecule has 20 heavy (non-hydrogen) atoms. The molecule has 1 heterocycles. The summed E-state index contributed by atoms with van der Waals surface area (Å²) in [5.41, 5.74) is 3.62. The van der Waals surface area contributed by atoms with Crippen molar-refractivity contribution in [2.75, 3.05) is 0 Å². The van der Waals surface area contributed by atoms with E-state index in [9.17, 15) is 4.39 Å². The zero-order valence-electron chi connectivity index (χ0n) is 11.8. The van der Waals surface area contributed by atoms with E-state index in [2.05, 4.69) is 31.8 Å². The SMILES string of the molecule is CC(C)(C)c1ccc2nc(-c3ccc(F)cc3)oc2c1. The summed E-state index contributed by atoms with van der Waals surface area (Å²) in [6.07, 6.45) is 0. The van der Waals surface area contributed by atoms with Gasteiger partial charge in [-0.2, -0.15) is 0 Å². The van der Waals surface area contributed by atoms with E-state index in [0.29, 0.717) is 5.89 Å². The van der Waals surface area contributed by atoms with Crippen LogP contribution in [0.2, 0.25) is 0 Å². The molecule has 3 rings (SSSR count). The first-order valence-corrected chi connectivity index (χ1v) is 6.60. The van der Waals surface area contributed by atoms with Crippen LogP contribution in [0.25, 0.3) is 22.6 Å². The van der Waals surface area contributed by atoms with Crippen LogP contribution >= 0.6 is 0 Å². The topological polar surface area (TPSA) is 26.0 Å². The number of hydrogen-bond donors (Lipinski definition) is 0. The fourth-order valence-corrected chi connectivity index (χ4v) is 2.11. The number of oxazole rings is 1. The van der Waals surface area contributed by atoms with E-state index in [1.165, 1.54) is 17.7 Å². The molecule has 1 aromatic heterocycles. The minimum atomic E-state index is -0.264. The number of rotatable bonds is 1. The highest BCUT2D eigenvalue weighted by Crippen LogP contribution is 2.29. The van der Waals surface area contributed by atoms with Gasteiger partial charge in [-0.1, -0.05) is 26.8 Å². The predicted octanol–water partition coefficient (Wildman–Crippen LogP) is 4.93. The van der Waals surface area contributed by atoms with Crippen LogP contribution in [0.15, 0.2) is 46.9 Å². The Morgan fingerprint density at radius 1 is 1.00 bits per heavy atom. The molecule has 0 N–H and O–H groups in total. The monoisotopic (exact) mass is 269 g/mol. The van der Waals surface area contributed by atoms with Crippen LogP contribution in [0.5, 0.6) is 0 Å². The fraction of sp³-hybridized carbons (Fsp3) is 0.235. The van der Waals surface area contributed by atoms with Crippen molar-refractivity contribution in [2.24, 2.45) is 0 Å². The average Bonchev–Trinajstić information content (AvgIpc) is 2.81. The molecule has 0 saturated carbocycles. The Hall–Kier alpha value is -2.16. The zero-order chi connectivity index (χ0) is 14.3. The van der Waals surface area contributed by atoms with Crippen molar-refractivity contribution in [1.29, 1.82) is 0 Å². The molecule has 0 bridgehead atoms. The highest BCUT2D eigenvalue weighted by Gasteiger charge is 2.16. The van der Waals surface area contributed by atoms with Gasteiger partial charge in [-0.3, -0.25) is 0 Å². The van der Waals surface area contributed by atoms with Gasteiger partial charge in [-0.05, 0) is 47.4 Å². The Morgan fingerprint density at radius 3 is 2.35 bits per heavy atom. The lowest BCUT2D eigenvalue weighted by molar-refractivity contribution is 0.584. The first-order chi connectivity index (χ1) is 9.43. The molecule has 3 aromatic rings. The van der Waals surface area contributed by atoms with Crippen LogP contribution in [-0.4, -0.2) is 4.98 Å². The fourth-order valence-electron chi connectivity index (χ4n) is 2.11. The molecule has 0 radical (unpaired) electrons. The maximum atomic E-state index is 12.9. The summed E-state index contributed by atoms with van der Waals surface area (Å²) in [6, 6.07) is 12.2. The lowest BCUT2D eigenvalue weighted by Crippen LogP contribution is -2.10. The maximum Gasteiger partial charge on any atom is 0.227 e. The van der Waals surface area contributed by atoms with Crippen LogP contribution in [0.3, 0.4) is 0 Å². The number of hydrogen-bond acceptors (Lipinski definition) is 2. The minimum absolute atomic E-state index is 0.0665. The number of halogens is 1. The minimum Gasteiger partial charge on any atom is -0.436 e. The summed E-state index contributed by atoms with van der Waals surface area (Å²) in [7, 11) is 0. The van der Waals surface area contributed by atoms with Crippen molar-refractivity contribution in [3.05, 3.63) is 53.8 Å².